The lowest BCUT2D eigenvalue weighted by molar-refractivity contribution is 0.0946. The van der Waals surface area contributed by atoms with Crippen molar-refractivity contribution in [3.63, 3.8) is 0 Å². The number of carbonyl (C=O) groups is 1. The minimum Gasteiger partial charge on any atom is -0.454 e. The van der Waals surface area contributed by atoms with Crippen LogP contribution in [0.15, 0.2) is 54.6 Å². The van der Waals surface area contributed by atoms with E-state index in [2.05, 4.69) is 15.5 Å². The third-order valence-electron chi connectivity index (χ3n) is 3.78. The third kappa shape index (κ3) is 2.81. The van der Waals surface area contributed by atoms with E-state index in [-0.39, 0.29) is 12.7 Å². The smallest absolute Gasteiger partial charge is 0.269 e. The highest BCUT2D eigenvalue weighted by atomic mass is 16.7. The predicted molar refractivity (Wildman–Crippen MR) is 87.8 cm³/mol. The molecule has 0 saturated heterocycles. The summed E-state index contributed by atoms with van der Waals surface area (Å²) in [6.45, 7) is 0.636. The molecule has 0 saturated carbocycles. The van der Waals surface area contributed by atoms with E-state index in [0.29, 0.717) is 18.0 Å². The molecule has 0 atom stereocenters. The molecule has 0 aliphatic carbocycles. The molecule has 6 heteroatoms. The first-order valence-corrected chi connectivity index (χ1v) is 7.57. The fraction of sp³-hybridized carbons (Fsp3) is 0.111. The molecule has 0 spiro atoms. The lowest BCUT2D eigenvalue weighted by Crippen LogP contribution is -2.23. The Labute approximate surface area is 138 Å². The number of amides is 1. The van der Waals surface area contributed by atoms with Crippen LogP contribution in [0.2, 0.25) is 0 Å². The monoisotopic (exact) mass is 321 g/mol. The molecule has 120 valence electrons. The zero-order valence-electron chi connectivity index (χ0n) is 12.8. The highest BCUT2D eigenvalue weighted by Crippen LogP contribution is 2.32. The van der Waals surface area contributed by atoms with Crippen LogP contribution in [-0.2, 0) is 6.54 Å². The van der Waals surface area contributed by atoms with Gasteiger partial charge in [0.1, 0.15) is 5.69 Å². The van der Waals surface area contributed by atoms with Gasteiger partial charge < -0.3 is 14.8 Å². The van der Waals surface area contributed by atoms with Gasteiger partial charge in [-0.2, -0.15) is 5.10 Å². The Morgan fingerprint density at radius 1 is 1.08 bits per heavy atom. The number of H-pyrrole nitrogens is 1. The number of ether oxygens (including phenoxy) is 2. The minimum atomic E-state index is -0.206. The van der Waals surface area contributed by atoms with Crippen LogP contribution >= 0.6 is 0 Å². The maximum atomic E-state index is 12.3. The van der Waals surface area contributed by atoms with Gasteiger partial charge in [-0.05, 0) is 23.8 Å². The summed E-state index contributed by atoms with van der Waals surface area (Å²) >= 11 is 0. The SMILES string of the molecule is O=C(NCc1ccc2c(c1)OCO2)c1cc(-c2ccccc2)n[nH]1. The molecule has 2 N–H and O–H groups in total. The molecule has 1 aliphatic rings. The van der Waals surface area contributed by atoms with Crippen molar-refractivity contribution in [2.75, 3.05) is 6.79 Å². The lowest BCUT2D eigenvalue weighted by atomic mass is 10.1. The summed E-state index contributed by atoms with van der Waals surface area (Å²) in [6, 6.07) is 17.1. The van der Waals surface area contributed by atoms with Crippen LogP contribution in [0.3, 0.4) is 0 Å². The van der Waals surface area contributed by atoms with Crippen LogP contribution in [0.4, 0.5) is 0 Å². The van der Waals surface area contributed by atoms with Gasteiger partial charge in [-0.1, -0.05) is 36.4 Å². The first-order chi connectivity index (χ1) is 11.8. The molecule has 1 aliphatic heterocycles. The number of carbonyl (C=O) groups excluding carboxylic acids is 1. The van der Waals surface area contributed by atoms with E-state index in [1.54, 1.807) is 6.07 Å². The van der Waals surface area contributed by atoms with Gasteiger partial charge in [-0.15, -0.1) is 0 Å². The van der Waals surface area contributed by atoms with Gasteiger partial charge in [0.2, 0.25) is 6.79 Å². The second kappa shape index (κ2) is 6.08. The van der Waals surface area contributed by atoms with Crippen molar-refractivity contribution >= 4 is 5.91 Å². The number of aromatic amines is 1. The molecular weight excluding hydrogens is 306 g/mol. The Morgan fingerprint density at radius 2 is 1.92 bits per heavy atom. The molecule has 4 rings (SSSR count). The van der Waals surface area contributed by atoms with Gasteiger partial charge in [-0.25, -0.2) is 0 Å². The summed E-state index contributed by atoms with van der Waals surface area (Å²) in [6.07, 6.45) is 0. The van der Waals surface area contributed by atoms with Gasteiger partial charge in [0.15, 0.2) is 11.5 Å². The number of fused-ring (bicyclic) bond motifs is 1. The first kappa shape index (κ1) is 14.3. The van der Waals surface area contributed by atoms with Crippen LogP contribution < -0.4 is 14.8 Å². The Bertz CT molecular complexity index is 874. The number of aromatic nitrogens is 2. The van der Waals surface area contributed by atoms with Crippen LogP contribution in [0.1, 0.15) is 16.1 Å². The summed E-state index contributed by atoms with van der Waals surface area (Å²) in [4.78, 5) is 12.3. The first-order valence-electron chi connectivity index (χ1n) is 7.57. The molecule has 0 fully saturated rings. The fourth-order valence-electron chi connectivity index (χ4n) is 2.52. The van der Waals surface area contributed by atoms with Gasteiger partial charge in [0, 0.05) is 12.1 Å². The second-order valence-electron chi connectivity index (χ2n) is 5.40. The summed E-state index contributed by atoms with van der Waals surface area (Å²) in [5.74, 6) is 1.23. The largest absolute Gasteiger partial charge is 0.454 e. The van der Waals surface area contributed by atoms with E-state index in [0.717, 1.165) is 22.6 Å². The second-order valence-corrected chi connectivity index (χ2v) is 5.40. The molecular formula is C18H15N3O3. The predicted octanol–water partition coefficient (Wildman–Crippen LogP) is 2.74. The lowest BCUT2D eigenvalue weighted by Gasteiger charge is -2.04. The summed E-state index contributed by atoms with van der Waals surface area (Å²) < 4.78 is 10.6. The summed E-state index contributed by atoms with van der Waals surface area (Å²) in [7, 11) is 0. The molecule has 1 amide bonds. The standard InChI is InChI=1S/C18H15N3O3/c22-18(15-9-14(20-21-15)13-4-2-1-3-5-13)19-10-12-6-7-16-17(8-12)24-11-23-16/h1-9H,10-11H2,(H,19,22)(H,20,21). The summed E-state index contributed by atoms with van der Waals surface area (Å²) in [5.41, 5.74) is 3.07. The number of benzene rings is 2. The number of nitrogens with zero attached hydrogens (tertiary/aromatic N) is 1. The number of rotatable bonds is 4. The van der Waals surface area contributed by atoms with Crippen molar-refractivity contribution in [3.05, 3.63) is 65.9 Å². The van der Waals surface area contributed by atoms with Crippen molar-refractivity contribution in [2.24, 2.45) is 0 Å². The van der Waals surface area contributed by atoms with E-state index in [4.69, 9.17) is 9.47 Å². The van der Waals surface area contributed by atoms with E-state index in [9.17, 15) is 4.79 Å². The van der Waals surface area contributed by atoms with Gasteiger partial charge in [0.25, 0.3) is 5.91 Å². The van der Waals surface area contributed by atoms with Crippen molar-refractivity contribution in [1.29, 1.82) is 0 Å². The molecule has 0 bridgehead atoms. The molecule has 2 aromatic carbocycles. The van der Waals surface area contributed by atoms with Crippen LogP contribution in [0.25, 0.3) is 11.3 Å². The van der Waals surface area contributed by atoms with Crippen LogP contribution in [-0.4, -0.2) is 22.9 Å². The maximum Gasteiger partial charge on any atom is 0.269 e. The quantitative estimate of drug-likeness (QED) is 0.775. The average Bonchev–Trinajstić information content (AvgIpc) is 3.29. The molecule has 1 aromatic heterocycles. The normalized spacial score (nSPS) is 12.2. The number of nitrogens with one attached hydrogen (secondary N) is 2. The fourth-order valence-corrected chi connectivity index (χ4v) is 2.52. The highest BCUT2D eigenvalue weighted by molar-refractivity contribution is 5.93. The third-order valence-corrected chi connectivity index (χ3v) is 3.78. The molecule has 24 heavy (non-hydrogen) atoms. The van der Waals surface area contributed by atoms with Crippen molar-refractivity contribution < 1.29 is 14.3 Å². The Balaban J connectivity index is 1.42. The molecule has 2 heterocycles. The summed E-state index contributed by atoms with van der Waals surface area (Å²) in [5, 5.41) is 9.83. The number of hydrogen-bond acceptors (Lipinski definition) is 4. The van der Waals surface area contributed by atoms with Crippen molar-refractivity contribution in [2.45, 2.75) is 6.54 Å². The topological polar surface area (TPSA) is 76.2 Å². The van der Waals surface area contributed by atoms with Crippen LogP contribution in [0.5, 0.6) is 11.5 Å². The Hall–Kier alpha value is -3.28. The van der Waals surface area contributed by atoms with Crippen molar-refractivity contribution in [1.82, 2.24) is 15.5 Å². The van der Waals surface area contributed by atoms with Crippen LogP contribution in [0, 0.1) is 0 Å². The zero-order valence-corrected chi connectivity index (χ0v) is 12.8. The van der Waals surface area contributed by atoms with E-state index in [1.165, 1.54) is 0 Å². The van der Waals surface area contributed by atoms with Crippen molar-refractivity contribution in [3.8, 4) is 22.8 Å². The molecule has 3 aromatic rings. The van der Waals surface area contributed by atoms with E-state index < -0.39 is 0 Å². The highest BCUT2D eigenvalue weighted by Gasteiger charge is 2.14. The Kier molecular flexibility index (Phi) is 3.63. The maximum absolute atomic E-state index is 12.3. The molecule has 0 unspecified atom stereocenters. The zero-order chi connectivity index (χ0) is 16.4. The Morgan fingerprint density at radius 3 is 2.79 bits per heavy atom. The number of hydrogen-bond donors (Lipinski definition) is 2. The van der Waals surface area contributed by atoms with E-state index >= 15 is 0 Å². The average molecular weight is 321 g/mol. The van der Waals surface area contributed by atoms with Gasteiger partial charge in [0.05, 0.1) is 5.69 Å². The van der Waals surface area contributed by atoms with Gasteiger partial charge >= 0.3 is 0 Å². The molecule has 6 nitrogen and oxygen atoms in total. The van der Waals surface area contributed by atoms with Gasteiger partial charge in [-0.3, -0.25) is 9.89 Å². The minimum absolute atomic E-state index is 0.206. The van der Waals surface area contributed by atoms with E-state index in [1.807, 2.05) is 48.5 Å². The molecule has 0 radical (unpaired) electrons.